The molecule has 102 valence electrons. The zero-order valence-corrected chi connectivity index (χ0v) is 12.7. The highest BCUT2D eigenvalue weighted by Crippen LogP contribution is 2.23. The van der Waals surface area contributed by atoms with E-state index >= 15 is 0 Å². The van der Waals surface area contributed by atoms with Gasteiger partial charge in [0.15, 0.2) is 0 Å². The Balaban J connectivity index is 0.00000162. The van der Waals surface area contributed by atoms with Gasteiger partial charge < -0.3 is 10.2 Å². The Morgan fingerprint density at radius 1 is 1.61 bits per heavy atom. The van der Waals surface area contributed by atoms with Crippen LogP contribution < -0.4 is 5.32 Å². The fourth-order valence-electron chi connectivity index (χ4n) is 2.12. The first-order valence-corrected chi connectivity index (χ1v) is 7.06. The summed E-state index contributed by atoms with van der Waals surface area (Å²) in [6.45, 7) is 2.51. The van der Waals surface area contributed by atoms with Crippen LogP contribution >= 0.6 is 35.3 Å². The molecule has 0 bridgehead atoms. The number of carbonyl (C=O) groups excluding carboxylic acids is 1. The smallest absolute Gasteiger partial charge is 0.227 e. The Labute approximate surface area is 123 Å². The Kier molecular flexibility index (Phi) is 6.43. The molecule has 6 heteroatoms. The number of carbonyl (C=O) groups is 1. The van der Waals surface area contributed by atoms with Crippen LogP contribution in [-0.4, -0.2) is 30.9 Å². The second-order valence-electron chi connectivity index (χ2n) is 4.44. The summed E-state index contributed by atoms with van der Waals surface area (Å²) < 4.78 is 0.778. The van der Waals surface area contributed by atoms with E-state index in [4.69, 9.17) is 11.6 Å². The monoisotopic (exact) mass is 308 g/mol. The van der Waals surface area contributed by atoms with Gasteiger partial charge in [0.2, 0.25) is 5.91 Å². The molecule has 2 heterocycles. The fourth-order valence-corrected chi connectivity index (χ4v) is 3.26. The molecule has 2 rings (SSSR count). The molecule has 1 aromatic rings. The van der Waals surface area contributed by atoms with Gasteiger partial charge in [-0.25, -0.2) is 0 Å². The summed E-state index contributed by atoms with van der Waals surface area (Å²) in [7, 11) is 1.87. The summed E-state index contributed by atoms with van der Waals surface area (Å²) in [6.07, 6.45) is 2.09. The molecule has 1 aliphatic heterocycles. The predicted octanol–water partition coefficient (Wildman–Crippen LogP) is 2.78. The van der Waals surface area contributed by atoms with E-state index < -0.39 is 0 Å². The lowest BCUT2D eigenvalue weighted by Gasteiger charge is -2.26. The SMILES string of the molecule is CN(Cc1ccc(Cl)s1)C(=O)C1CCCNC1.Cl. The van der Waals surface area contributed by atoms with Crippen molar-refractivity contribution in [2.45, 2.75) is 19.4 Å². The van der Waals surface area contributed by atoms with E-state index in [0.29, 0.717) is 6.54 Å². The molecule has 0 aliphatic carbocycles. The van der Waals surface area contributed by atoms with E-state index in [1.165, 1.54) is 11.3 Å². The maximum atomic E-state index is 12.2. The van der Waals surface area contributed by atoms with E-state index in [1.807, 2.05) is 19.2 Å². The third-order valence-corrected chi connectivity index (χ3v) is 4.26. The number of piperidine rings is 1. The Morgan fingerprint density at radius 2 is 2.39 bits per heavy atom. The topological polar surface area (TPSA) is 32.3 Å². The van der Waals surface area contributed by atoms with Crippen LogP contribution in [0.25, 0.3) is 0 Å². The predicted molar refractivity (Wildman–Crippen MR) is 78.6 cm³/mol. The molecule has 18 heavy (non-hydrogen) atoms. The lowest BCUT2D eigenvalue weighted by atomic mass is 9.98. The van der Waals surface area contributed by atoms with Gasteiger partial charge in [0.05, 0.1) is 16.8 Å². The molecule has 1 aliphatic rings. The number of hydrogen-bond acceptors (Lipinski definition) is 3. The Bertz CT molecular complexity index is 391. The Hall–Kier alpha value is -0.290. The van der Waals surface area contributed by atoms with Crippen molar-refractivity contribution < 1.29 is 4.79 Å². The third kappa shape index (κ3) is 4.12. The van der Waals surface area contributed by atoms with Gasteiger partial charge in [-0.05, 0) is 31.5 Å². The molecule has 1 unspecified atom stereocenters. The standard InChI is InChI=1S/C12H17ClN2OS.ClH/c1-15(8-10-4-5-11(13)17-10)12(16)9-3-2-6-14-7-9;/h4-5,9,14H,2-3,6-8H2,1H3;1H. The minimum absolute atomic E-state index is 0. The molecule has 1 saturated heterocycles. The lowest BCUT2D eigenvalue weighted by molar-refractivity contribution is -0.135. The molecule has 1 aromatic heterocycles. The second kappa shape index (κ2) is 7.34. The number of halogens is 2. The van der Waals surface area contributed by atoms with Gasteiger partial charge in [-0.2, -0.15) is 0 Å². The highest BCUT2D eigenvalue weighted by atomic mass is 35.5. The first kappa shape index (κ1) is 15.8. The first-order valence-electron chi connectivity index (χ1n) is 5.86. The molecular weight excluding hydrogens is 291 g/mol. The molecule has 1 atom stereocenters. The van der Waals surface area contributed by atoms with Gasteiger partial charge in [-0.3, -0.25) is 4.79 Å². The van der Waals surface area contributed by atoms with E-state index in [2.05, 4.69) is 5.32 Å². The van der Waals surface area contributed by atoms with Gasteiger partial charge in [0.25, 0.3) is 0 Å². The number of nitrogens with one attached hydrogen (secondary N) is 1. The fraction of sp³-hybridized carbons (Fsp3) is 0.583. The van der Waals surface area contributed by atoms with Crippen LogP contribution in [0, 0.1) is 5.92 Å². The molecule has 1 fully saturated rings. The highest BCUT2D eigenvalue weighted by Gasteiger charge is 2.23. The van der Waals surface area contributed by atoms with Crippen LogP contribution in [0.3, 0.4) is 0 Å². The van der Waals surface area contributed by atoms with Crippen LogP contribution in [0.1, 0.15) is 17.7 Å². The summed E-state index contributed by atoms with van der Waals surface area (Å²) in [6, 6.07) is 3.86. The Morgan fingerprint density at radius 3 is 2.94 bits per heavy atom. The molecule has 3 nitrogen and oxygen atoms in total. The highest BCUT2D eigenvalue weighted by molar-refractivity contribution is 7.16. The quantitative estimate of drug-likeness (QED) is 0.931. The van der Waals surface area contributed by atoms with Crippen molar-refractivity contribution in [3.05, 3.63) is 21.3 Å². The van der Waals surface area contributed by atoms with Crippen molar-refractivity contribution in [3.63, 3.8) is 0 Å². The maximum Gasteiger partial charge on any atom is 0.227 e. The van der Waals surface area contributed by atoms with Crippen molar-refractivity contribution >= 4 is 41.3 Å². The second-order valence-corrected chi connectivity index (χ2v) is 6.24. The third-order valence-electron chi connectivity index (χ3n) is 3.04. The summed E-state index contributed by atoms with van der Waals surface area (Å²) in [4.78, 5) is 15.1. The first-order chi connectivity index (χ1) is 8.16. The van der Waals surface area contributed by atoms with Crippen molar-refractivity contribution in [1.29, 1.82) is 0 Å². The largest absolute Gasteiger partial charge is 0.340 e. The summed E-state index contributed by atoms with van der Waals surface area (Å²) in [5.74, 6) is 0.380. The molecule has 0 saturated carbocycles. The zero-order chi connectivity index (χ0) is 12.3. The average Bonchev–Trinajstić information content (AvgIpc) is 2.75. The van der Waals surface area contributed by atoms with E-state index in [1.54, 1.807) is 4.90 Å². The summed E-state index contributed by atoms with van der Waals surface area (Å²) >= 11 is 7.41. The molecule has 1 amide bonds. The van der Waals surface area contributed by atoms with Crippen LogP contribution in [0.15, 0.2) is 12.1 Å². The number of thiophene rings is 1. The van der Waals surface area contributed by atoms with Gasteiger partial charge in [-0.15, -0.1) is 23.7 Å². The van der Waals surface area contributed by atoms with Crippen molar-refractivity contribution in [2.75, 3.05) is 20.1 Å². The van der Waals surface area contributed by atoms with Gasteiger partial charge >= 0.3 is 0 Å². The molecular formula is C12H18Cl2N2OS. The van der Waals surface area contributed by atoms with Crippen molar-refractivity contribution in [3.8, 4) is 0 Å². The van der Waals surface area contributed by atoms with Gasteiger partial charge in [0.1, 0.15) is 0 Å². The summed E-state index contributed by atoms with van der Waals surface area (Å²) in [5, 5.41) is 3.27. The van der Waals surface area contributed by atoms with Crippen LogP contribution in [0.4, 0.5) is 0 Å². The number of rotatable bonds is 3. The molecule has 0 radical (unpaired) electrons. The molecule has 1 N–H and O–H groups in total. The average molecular weight is 309 g/mol. The van der Waals surface area contributed by atoms with E-state index in [9.17, 15) is 4.79 Å². The van der Waals surface area contributed by atoms with Gasteiger partial charge in [0, 0.05) is 18.5 Å². The van der Waals surface area contributed by atoms with Crippen LogP contribution in [-0.2, 0) is 11.3 Å². The number of nitrogens with zero attached hydrogens (tertiary/aromatic N) is 1. The van der Waals surface area contributed by atoms with Crippen molar-refractivity contribution in [1.82, 2.24) is 10.2 Å². The maximum absolute atomic E-state index is 12.2. The minimum atomic E-state index is 0. The molecule has 0 spiro atoms. The number of amides is 1. The van der Waals surface area contributed by atoms with Gasteiger partial charge in [-0.1, -0.05) is 11.6 Å². The lowest BCUT2D eigenvalue weighted by Crippen LogP contribution is -2.41. The van der Waals surface area contributed by atoms with Crippen molar-refractivity contribution in [2.24, 2.45) is 5.92 Å². The van der Waals surface area contributed by atoms with Crippen LogP contribution in [0.5, 0.6) is 0 Å². The van der Waals surface area contributed by atoms with E-state index in [0.717, 1.165) is 35.1 Å². The normalized spacial score (nSPS) is 19.1. The summed E-state index contributed by atoms with van der Waals surface area (Å²) in [5.41, 5.74) is 0. The van der Waals surface area contributed by atoms with Crippen LogP contribution in [0.2, 0.25) is 4.34 Å². The van der Waals surface area contributed by atoms with E-state index in [-0.39, 0.29) is 24.2 Å². The number of hydrogen-bond donors (Lipinski definition) is 1. The molecule has 0 aromatic carbocycles. The zero-order valence-electron chi connectivity index (χ0n) is 10.3. The minimum Gasteiger partial charge on any atom is -0.340 e.